The molecule has 0 radical (unpaired) electrons. The summed E-state index contributed by atoms with van der Waals surface area (Å²) in [5.74, 6) is -0.863. The molecule has 1 aliphatic rings. The first kappa shape index (κ1) is 14.0. The van der Waals surface area contributed by atoms with Crippen molar-refractivity contribution in [2.75, 3.05) is 24.7 Å². The van der Waals surface area contributed by atoms with E-state index in [2.05, 4.69) is 4.74 Å². The summed E-state index contributed by atoms with van der Waals surface area (Å²) >= 11 is 5.62. The van der Waals surface area contributed by atoms with Gasteiger partial charge in [0.1, 0.15) is 12.4 Å². The maximum atomic E-state index is 12.2. The van der Waals surface area contributed by atoms with Gasteiger partial charge < -0.3 is 14.4 Å². The predicted octanol–water partition coefficient (Wildman–Crippen LogP) is 2.60. The summed E-state index contributed by atoms with van der Waals surface area (Å²) in [6.07, 6.45) is -4.84. The highest BCUT2D eigenvalue weighted by molar-refractivity contribution is 6.32. The van der Waals surface area contributed by atoms with Crippen LogP contribution in [0.25, 0.3) is 0 Å². The maximum Gasteiger partial charge on any atom is 0.573 e. The minimum atomic E-state index is -4.84. The molecule has 8 heteroatoms. The third kappa shape index (κ3) is 3.51. The molecule has 0 unspecified atom stereocenters. The monoisotopic (exact) mass is 295 g/mol. The standard InChI is InChI=1S/C11H9ClF3NO3/c12-8-2-1-7(5-9(8)19-11(13,14)15)16-3-4-18-6-10(16)17/h1-2,5H,3-4,6H2. The van der Waals surface area contributed by atoms with Crippen molar-refractivity contribution in [1.82, 2.24) is 0 Å². The van der Waals surface area contributed by atoms with E-state index in [1.54, 1.807) is 0 Å². The molecule has 0 bridgehead atoms. The predicted molar refractivity (Wildman–Crippen MR) is 61.3 cm³/mol. The summed E-state index contributed by atoms with van der Waals surface area (Å²) < 4.78 is 45.3. The van der Waals surface area contributed by atoms with Crippen molar-refractivity contribution < 1.29 is 27.4 Å². The number of anilines is 1. The topological polar surface area (TPSA) is 38.8 Å². The summed E-state index contributed by atoms with van der Waals surface area (Å²) in [5.41, 5.74) is 0.289. The Labute approximate surface area is 111 Å². The molecule has 0 atom stereocenters. The van der Waals surface area contributed by atoms with Gasteiger partial charge in [-0.15, -0.1) is 13.2 Å². The Morgan fingerprint density at radius 3 is 2.74 bits per heavy atom. The van der Waals surface area contributed by atoms with Crippen LogP contribution in [0.2, 0.25) is 5.02 Å². The van der Waals surface area contributed by atoms with Gasteiger partial charge in [-0.3, -0.25) is 4.79 Å². The summed E-state index contributed by atoms with van der Waals surface area (Å²) in [6.45, 7) is 0.494. The first-order valence-corrected chi connectivity index (χ1v) is 5.68. The Bertz CT molecular complexity index is 493. The van der Waals surface area contributed by atoms with E-state index in [-0.39, 0.29) is 29.8 Å². The third-order valence-electron chi connectivity index (χ3n) is 2.44. The molecule has 4 nitrogen and oxygen atoms in total. The Kier molecular flexibility index (Phi) is 3.86. The lowest BCUT2D eigenvalue weighted by molar-refractivity contribution is -0.274. The Morgan fingerprint density at radius 1 is 1.37 bits per heavy atom. The van der Waals surface area contributed by atoms with Crippen LogP contribution in [0.5, 0.6) is 5.75 Å². The van der Waals surface area contributed by atoms with E-state index in [0.717, 1.165) is 6.07 Å². The molecular weight excluding hydrogens is 287 g/mol. The number of carbonyl (C=O) groups is 1. The van der Waals surface area contributed by atoms with Gasteiger partial charge in [-0.1, -0.05) is 11.6 Å². The van der Waals surface area contributed by atoms with Crippen molar-refractivity contribution in [2.24, 2.45) is 0 Å². The van der Waals surface area contributed by atoms with Gasteiger partial charge in [-0.05, 0) is 12.1 Å². The van der Waals surface area contributed by atoms with E-state index in [1.165, 1.54) is 17.0 Å². The van der Waals surface area contributed by atoms with Gasteiger partial charge in [0.15, 0.2) is 0 Å². The number of alkyl halides is 3. The van der Waals surface area contributed by atoms with Gasteiger partial charge >= 0.3 is 6.36 Å². The van der Waals surface area contributed by atoms with Crippen molar-refractivity contribution in [3.05, 3.63) is 23.2 Å². The smallest absolute Gasteiger partial charge is 0.404 e. The number of hydrogen-bond acceptors (Lipinski definition) is 3. The lowest BCUT2D eigenvalue weighted by atomic mass is 10.2. The van der Waals surface area contributed by atoms with Crippen molar-refractivity contribution >= 4 is 23.2 Å². The number of amides is 1. The van der Waals surface area contributed by atoms with Crippen LogP contribution < -0.4 is 9.64 Å². The van der Waals surface area contributed by atoms with Crippen LogP contribution >= 0.6 is 11.6 Å². The van der Waals surface area contributed by atoms with Gasteiger partial charge in [0.05, 0.1) is 11.6 Å². The number of nitrogens with zero attached hydrogens (tertiary/aromatic N) is 1. The van der Waals surface area contributed by atoms with Gasteiger partial charge in [-0.25, -0.2) is 0 Å². The zero-order valence-corrected chi connectivity index (χ0v) is 10.3. The lowest BCUT2D eigenvalue weighted by Gasteiger charge is -2.27. The summed E-state index contributed by atoms with van der Waals surface area (Å²) in [7, 11) is 0. The average molecular weight is 296 g/mol. The summed E-state index contributed by atoms with van der Waals surface area (Å²) in [5, 5.41) is -0.179. The average Bonchev–Trinajstić information content (AvgIpc) is 2.31. The second-order valence-corrected chi connectivity index (χ2v) is 4.17. The largest absolute Gasteiger partial charge is 0.573 e. The highest BCUT2D eigenvalue weighted by Gasteiger charge is 2.32. The molecule has 1 heterocycles. The first-order chi connectivity index (χ1) is 8.87. The highest BCUT2D eigenvalue weighted by Crippen LogP contribution is 2.33. The van der Waals surface area contributed by atoms with Crippen molar-refractivity contribution in [3.8, 4) is 5.75 Å². The number of hydrogen-bond donors (Lipinski definition) is 0. The number of ether oxygens (including phenoxy) is 2. The zero-order valence-electron chi connectivity index (χ0n) is 9.54. The van der Waals surface area contributed by atoms with E-state index in [4.69, 9.17) is 16.3 Å². The molecule has 0 spiro atoms. The number of morpholine rings is 1. The van der Waals surface area contributed by atoms with Crippen LogP contribution in [0.15, 0.2) is 18.2 Å². The minimum Gasteiger partial charge on any atom is -0.404 e. The molecule has 0 aliphatic carbocycles. The van der Waals surface area contributed by atoms with Crippen LogP contribution in [-0.4, -0.2) is 32.0 Å². The van der Waals surface area contributed by atoms with E-state index in [9.17, 15) is 18.0 Å². The first-order valence-electron chi connectivity index (χ1n) is 5.30. The molecule has 1 aromatic carbocycles. The molecule has 19 heavy (non-hydrogen) atoms. The number of rotatable bonds is 2. The van der Waals surface area contributed by atoms with Crippen LogP contribution in [0.1, 0.15) is 0 Å². The Hall–Kier alpha value is -1.47. The number of halogens is 4. The van der Waals surface area contributed by atoms with Crippen LogP contribution in [0.3, 0.4) is 0 Å². The molecule has 0 aromatic heterocycles. The number of carbonyl (C=O) groups excluding carboxylic acids is 1. The molecular formula is C11H9ClF3NO3. The fourth-order valence-electron chi connectivity index (χ4n) is 1.65. The molecule has 1 aliphatic heterocycles. The second kappa shape index (κ2) is 5.26. The van der Waals surface area contributed by atoms with E-state index in [0.29, 0.717) is 6.61 Å². The maximum absolute atomic E-state index is 12.2. The van der Waals surface area contributed by atoms with E-state index >= 15 is 0 Å². The normalized spacial score (nSPS) is 16.6. The van der Waals surface area contributed by atoms with Crippen molar-refractivity contribution in [2.45, 2.75) is 6.36 Å². The molecule has 1 saturated heterocycles. The molecule has 104 valence electrons. The second-order valence-electron chi connectivity index (χ2n) is 3.76. The number of benzene rings is 1. The van der Waals surface area contributed by atoms with E-state index in [1.807, 2.05) is 0 Å². The Morgan fingerprint density at radius 2 is 2.11 bits per heavy atom. The zero-order chi connectivity index (χ0) is 14.0. The molecule has 0 N–H and O–H groups in total. The fraction of sp³-hybridized carbons (Fsp3) is 0.364. The quantitative estimate of drug-likeness (QED) is 0.842. The third-order valence-corrected chi connectivity index (χ3v) is 2.75. The van der Waals surface area contributed by atoms with Gasteiger partial charge in [-0.2, -0.15) is 0 Å². The van der Waals surface area contributed by atoms with Crippen LogP contribution in [-0.2, 0) is 9.53 Å². The highest BCUT2D eigenvalue weighted by atomic mass is 35.5. The molecule has 1 aromatic rings. The van der Waals surface area contributed by atoms with E-state index < -0.39 is 12.1 Å². The Balaban J connectivity index is 2.27. The van der Waals surface area contributed by atoms with Crippen molar-refractivity contribution in [3.63, 3.8) is 0 Å². The molecule has 0 saturated carbocycles. The fourth-order valence-corrected chi connectivity index (χ4v) is 1.81. The van der Waals surface area contributed by atoms with Crippen LogP contribution in [0.4, 0.5) is 18.9 Å². The van der Waals surface area contributed by atoms with Gasteiger partial charge in [0.2, 0.25) is 0 Å². The van der Waals surface area contributed by atoms with Crippen molar-refractivity contribution in [1.29, 1.82) is 0 Å². The molecule has 1 fully saturated rings. The summed E-state index contributed by atoms with van der Waals surface area (Å²) in [6, 6.07) is 3.79. The molecule has 1 amide bonds. The molecule has 2 rings (SSSR count). The van der Waals surface area contributed by atoms with Gasteiger partial charge in [0, 0.05) is 18.3 Å². The minimum absolute atomic E-state index is 0.0991. The summed E-state index contributed by atoms with van der Waals surface area (Å²) in [4.78, 5) is 12.9. The lowest BCUT2D eigenvalue weighted by Crippen LogP contribution is -2.41. The van der Waals surface area contributed by atoms with Crippen LogP contribution in [0, 0.1) is 0 Å². The van der Waals surface area contributed by atoms with Gasteiger partial charge in [0.25, 0.3) is 5.91 Å². The SMILES string of the molecule is O=C1COCCN1c1ccc(Cl)c(OC(F)(F)F)c1.